The van der Waals surface area contributed by atoms with Gasteiger partial charge in [0.25, 0.3) is 0 Å². The summed E-state index contributed by atoms with van der Waals surface area (Å²) in [5.41, 5.74) is 0.711. The summed E-state index contributed by atoms with van der Waals surface area (Å²) in [7, 11) is 0. The van der Waals surface area contributed by atoms with Crippen molar-refractivity contribution in [2.24, 2.45) is 11.3 Å². The molecular formula is C23H32N2O5. The molecule has 0 radical (unpaired) electrons. The van der Waals surface area contributed by atoms with Crippen molar-refractivity contribution in [2.45, 2.75) is 77.5 Å². The lowest BCUT2D eigenvalue weighted by atomic mass is 9.82. The van der Waals surface area contributed by atoms with Gasteiger partial charge in [0.2, 0.25) is 5.91 Å². The molecule has 1 aromatic rings. The third-order valence-electron chi connectivity index (χ3n) is 6.53. The minimum Gasteiger partial charge on any atom is -0.342 e. The number of fused-ring (bicyclic) bond motifs is 5. The van der Waals surface area contributed by atoms with Gasteiger partial charge in [-0.05, 0) is 19.4 Å². The lowest BCUT2D eigenvalue weighted by molar-refractivity contribution is -0.236. The highest BCUT2D eigenvalue weighted by atomic mass is 16.8. The molecule has 4 aliphatic rings. The molecule has 0 saturated carbocycles. The van der Waals surface area contributed by atoms with Gasteiger partial charge in [-0.25, -0.2) is 0 Å². The molecule has 4 heterocycles. The third kappa shape index (κ3) is 3.37. The molecule has 4 aliphatic heterocycles. The Hall–Kier alpha value is -1.51. The predicted octanol–water partition coefficient (Wildman–Crippen LogP) is 2.55. The van der Waals surface area contributed by atoms with Gasteiger partial charge in [0.15, 0.2) is 12.1 Å². The van der Waals surface area contributed by atoms with Gasteiger partial charge in [-0.15, -0.1) is 0 Å². The zero-order valence-corrected chi connectivity index (χ0v) is 18.4. The Bertz CT molecular complexity index is 808. The Morgan fingerprint density at radius 1 is 1.10 bits per heavy atom. The first-order valence-electron chi connectivity index (χ1n) is 10.9. The minimum absolute atomic E-state index is 0.0557. The number of benzene rings is 1. The molecule has 4 saturated heterocycles. The molecule has 0 bridgehead atoms. The lowest BCUT2D eigenvalue weighted by Gasteiger charge is -2.47. The summed E-state index contributed by atoms with van der Waals surface area (Å²) >= 11 is 0. The van der Waals surface area contributed by atoms with Gasteiger partial charge in [-0.1, -0.05) is 51.1 Å². The summed E-state index contributed by atoms with van der Waals surface area (Å²) in [6.45, 7) is 11.6. The maximum atomic E-state index is 13.4. The number of piperidine rings is 1. The van der Waals surface area contributed by atoms with Crippen molar-refractivity contribution in [2.75, 3.05) is 13.2 Å². The van der Waals surface area contributed by atoms with E-state index in [-0.39, 0.29) is 36.1 Å². The molecule has 2 unspecified atom stereocenters. The monoisotopic (exact) mass is 416 g/mol. The van der Waals surface area contributed by atoms with Crippen LogP contribution in [-0.4, -0.2) is 65.4 Å². The summed E-state index contributed by atoms with van der Waals surface area (Å²) < 4.78 is 18.7. The van der Waals surface area contributed by atoms with Crippen LogP contribution in [0.5, 0.6) is 0 Å². The van der Waals surface area contributed by atoms with Crippen LogP contribution in [0, 0.1) is 11.3 Å². The van der Waals surface area contributed by atoms with Crippen LogP contribution in [0.2, 0.25) is 0 Å². The smallest absolute Gasteiger partial charge is 0.228 e. The van der Waals surface area contributed by atoms with Crippen LogP contribution in [0.4, 0.5) is 0 Å². The van der Waals surface area contributed by atoms with E-state index in [1.807, 2.05) is 62.8 Å². The molecule has 4 fully saturated rings. The van der Waals surface area contributed by atoms with Gasteiger partial charge in [-0.2, -0.15) is 5.06 Å². The number of ether oxygens (including phenoxy) is 3. The fourth-order valence-electron chi connectivity index (χ4n) is 5.30. The highest BCUT2D eigenvalue weighted by molar-refractivity contribution is 5.82. The summed E-state index contributed by atoms with van der Waals surface area (Å²) in [6, 6.07) is 10.2. The Kier molecular flexibility index (Phi) is 4.76. The molecule has 1 amide bonds. The van der Waals surface area contributed by atoms with Crippen molar-refractivity contribution in [1.29, 1.82) is 0 Å². The third-order valence-corrected chi connectivity index (χ3v) is 6.53. The fraction of sp³-hybridized carbons (Fsp3) is 0.696. The number of rotatable bonds is 2. The van der Waals surface area contributed by atoms with E-state index in [2.05, 4.69) is 12.1 Å². The first kappa shape index (κ1) is 20.4. The molecule has 7 nitrogen and oxygen atoms in total. The van der Waals surface area contributed by atoms with E-state index in [1.54, 1.807) is 0 Å². The second kappa shape index (κ2) is 7.00. The molecule has 6 atom stereocenters. The minimum atomic E-state index is -0.719. The number of hydrogen-bond acceptors (Lipinski definition) is 6. The van der Waals surface area contributed by atoms with Crippen LogP contribution < -0.4 is 0 Å². The highest BCUT2D eigenvalue weighted by Gasteiger charge is 2.64. The average Bonchev–Trinajstić information content (AvgIpc) is 3.30. The van der Waals surface area contributed by atoms with E-state index in [0.717, 1.165) is 0 Å². The van der Waals surface area contributed by atoms with Crippen molar-refractivity contribution in [3.63, 3.8) is 0 Å². The van der Waals surface area contributed by atoms with Crippen molar-refractivity contribution in [1.82, 2.24) is 9.96 Å². The Morgan fingerprint density at radius 3 is 2.53 bits per heavy atom. The lowest BCUT2D eigenvalue weighted by Crippen LogP contribution is -2.65. The zero-order valence-electron chi connectivity index (χ0n) is 18.4. The maximum absolute atomic E-state index is 13.4. The van der Waals surface area contributed by atoms with Gasteiger partial charge in [0.05, 0.1) is 18.7 Å². The second-order valence-corrected chi connectivity index (χ2v) is 10.4. The van der Waals surface area contributed by atoms with Crippen LogP contribution in [-0.2, 0) is 30.4 Å². The Balaban J connectivity index is 1.45. The standard InChI is InChI=1S/C23H32N2O5/c1-22(2,3)21(26)24-12-15-13-27-25(11-14-9-7-6-8-10-14)16(15)18-17(24)19-20(28-18)30-23(4,5)29-19/h6-10,15-20H,11-13H2,1-5H3/t15?,16?,17-,18-,19+,20+/m0/s1. The molecule has 5 rings (SSSR count). The first-order valence-corrected chi connectivity index (χ1v) is 10.9. The van der Waals surface area contributed by atoms with Gasteiger partial charge in [-0.3, -0.25) is 9.63 Å². The van der Waals surface area contributed by atoms with E-state index in [0.29, 0.717) is 19.7 Å². The average molecular weight is 417 g/mol. The van der Waals surface area contributed by atoms with Crippen molar-refractivity contribution >= 4 is 5.91 Å². The van der Waals surface area contributed by atoms with Crippen LogP contribution in [0.3, 0.4) is 0 Å². The van der Waals surface area contributed by atoms with E-state index < -0.39 is 17.5 Å². The van der Waals surface area contributed by atoms with Crippen LogP contribution >= 0.6 is 0 Å². The van der Waals surface area contributed by atoms with Gasteiger partial charge in [0, 0.05) is 24.4 Å². The number of amides is 1. The first-order chi connectivity index (χ1) is 14.1. The van der Waals surface area contributed by atoms with Crippen molar-refractivity contribution in [3.05, 3.63) is 35.9 Å². The molecule has 164 valence electrons. The summed E-state index contributed by atoms with van der Waals surface area (Å²) in [6.07, 6.45) is -0.980. The molecule has 30 heavy (non-hydrogen) atoms. The summed E-state index contributed by atoms with van der Waals surface area (Å²) in [4.78, 5) is 21.5. The fourth-order valence-corrected chi connectivity index (χ4v) is 5.30. The van der Waals surface area contributed by atoms with Crippen LogP contribution in [0.1, 0.15) is 40.2 Å². The van der Waals surface area contributed by atoms with Gasteiger partial charge >= 0.3 is 0 Å². The van der Waals surface area contributed by atoms with E-state index >= 15 is 0 Å². The molecule has 0 spiro atoms. The Labute approximate surface area is 178 Å². The normalized spacial score (nSPS) is 37.7. The van der Waals surface area contributed by atoms with E-state index in [9.17, 15) is 4.79 Å². The van der Waals surface area contributed by atoms with E-state index in [4.69, 9.17) is 19.0 Å². The number of likely N-dealkylation sites (tertiary alicyclic amines) is 1. The maximum Gasteiger partial charge on any atom is 0.228 e. The summed E-state index contributed by atoms with van der Waals surface area (Å²) in [5, 5.41) is 2.04. The van der Waals surface area contributed by atoms with Crippen molar-refractivity contribution < 1.29 is 23.8 Å². The molecule has 0 N–H and O–H groups in total. The Morgan fingerprint density at radius 2 is 1.83 bits per heavy atom. The molecule has 0 aromatic heterocycles. The number of hydroxylamine groups is 2. The largest absolute Gasteiger partial charge is 0.342 e. The quantitative estimate of drug-likeness (QED) is 0.739. The topological polar surface area (TPSA) is 60.5 Å². The number of nitrogens with zero attached hydrogens (tertiary/aromatic N) is 2. The summed E-state index contributed by atoms with van der Waals surface area (Å²) in [5.74, 6) is -0.410. The van der Waals surface area contributed by atoms with Gasteiger partial charge in [0.1, 0.15) is 12.2 Å². The molecular weight excluding hydrogens is 384 g/mol. The van der Waals surface area contributed by atoms with E-state index in [1.165, 1.54) is 5.56 Å². The second-order valence-electron chi connectivity index (χ2n) is 10.4. The number of hydrogen-bond donors (Lipinski definition) is 0. The number of carbonyl (C=O) groups excluding carboxylic acids is 1. The molecule has 1 aromatic carbocycles. The predicted molar refractivity (Wildman–Crippen MR) is 109 cm³/mol. The van der Waals surface area contributed by atoms with Crippen LogP contribution in [0.15, 0.2) is 30.3 Å². The SMILES string of the molecule is CC1(C)O[C@H]2O[C@H]3C4C(CON4Cc4ccccc4)CN(C(=O)C(C)(C)C)[C@@H]3[C@H]2O1. The van der Waals surface area contributed by atoms with Crippen LogP contribution in [0.25, 0.3) is 0 Å². The molecule has 0 aliphatic carbocycles. The number of carbonyl (C=O) groups is 1. The van der Waals surface area contributed by atoms with Crippen molar-refractivity contribution in [3.8, 4) is 0 Å². The zero-order chi connectivity index (χ0) is 21.3. The molecule has 7 heteroatoms. The van der Waals surface area contributed by atoms with Gasteiger partial charge < -0.3 is 19.1 Å². The highest BCUT2D eigenvalue weighted by Crippen LogP contribution is 2.47.